The molecule has 102 valence electrons. The molecular weight excluding hydrogens is 226 g/mol. The molecule has 1 saturated heterocycles. The molecule has 2 rings (SSSR count). The molecule has 0 saturated carbocycles. The fraction of sp³-hybridized carbons (Fsp3) is 0.769. The smallest absolute Gasteiger partial charge is 0.0948 e. The van der Waals surface area contributed by atoms with E-state index in [1.165, 1.54) is 31.9 Å². The van der Waals surface area contributed by atoms with Gasteiger partial charge in [0.05, 0.1) is 12.0 Å². The number of likely N-dealkylation sites (N-methyl/N-ethyl adjacent to an activating group) is 1. The maximum Gasteiger partial charge on any atom is 0.0948 e. The zero-order valence-corrected chi connectivity index (χ0v) is 11.6. The maximum absolute atomic E-state index is 4.18. The number of imidazole rings is 1. The Morgan fingerprint density at radius 2 is 2.06 bits per heavy atom. The van der Waals surface area contributed by atoms with Crippen LogP contribution in [0.1, 0.15) is 12.6 Å². The van der Waals surface area contributed by atoms with Gasteiger partial charge >= 0.3 is 0 Å². The summed E-state index contributed by atoms with van der Waals surface area (Å²) in [6, 6.07) is 0. The summed E-state index contributed by atoms with van der Waals surface area (Å²) >= 11 is 0. The molecule has 1 aromatic heterocycles. The largest absolute Gasteiger partial charge is 0.334 e. The first-order valence-electron chi connectivity index (χ1n) is 6.90. The number of hydrogen-bond donors (Lipinski definition) is 1. The molecule has 0 amide bonds. The van der Waals surface area contributed by atoms with Crippen molar-refractivity contribution in [1.29, 1.82) is 0 Å². The zero-order valence-electron chi connectivity index (χ0n) is 11.6. The normalized spacial score (nSPS) is 18.3. The fourth-order valence-electron chi connectivity index (χ4n) is 2.31. The quantitative estimate of drug-likeness (QED) is 0.735. The van der Waals surface area contributed by atoms with E-state index in [1.54, 1.807) is 0 Å². The van der Waals surface area contributed by atoms with E-state index < -0.39 is 0 Å². The predicted octanol–water partition coefficient (Wildman–Crippen LogP) is 0.240. The van der Waals surface area contributed by atoms with Crippen molar-refractivity contribution >= 4 is 0 Å². The Hall–Kier alpha value is -0.910. The molecule has 1 aliphatic rings. The van der Waals surface area contributed by atoms with Crippen LogP contribution in [0.5, 0.6) is 0 Å². The van der Waals surface area contributed by atoms with Crippen LogP contribution in [0.3, 0.4) is 0 Å². The number of hydrogen-bond acceptors (Lipinski definition) is 4. The Balaban J connectivity index is 1.61. The zero-order chi connectivity index (χ0) is 12.8. The van der Waals surface area contributed by atoms with Crippen LogP contribution in [0, 0.1) is 0 Å². The lowest BCUT2D eigenvalue weighted by Gasteiger charge is -2.32. The molecule has 2 heterocycles. The van der Waals surface area contributed by atoms with Gasteiger partial charge in [-0.15, -0.1) is 0 Å². The molecule has 0 bridgehead atoms. The van der Waals surface area contributed by atoms with Gasteiger partial charge in [-0.1, -0.05) is 0 Å². The first-order valence-corrected chi connectivity index (χ1v) is 6.90. The molecule has 1 N–H and O–H groups in total. The third-order valence-corrected chi connectivity index (χ3v) is 3.65. The van der Waals surface area contributed by atoms with Gasteiger partial charge in [0.15, 0.2) is 0 Å². The van der Waals surface area contributed by atoms with Gasteiger partial charge in [-0.3, -0.25) is 4.90 Å². The van der Waals surface area contributed by atoms with Crippen molar-refractivity contribution in [2.24, 2.45) is 0 Å². The van der Waals surface area contributed by atoms with E-state index in [9.17, 15) is 0 Å². The molecule has 0 spiro atoms. The summed E-state index contributed by atoms with van der Waals surface area (Å²) < 4.78 is 2.18. The number of nitrogens with zero attached hydrogens (tertiary/aromatic N) is 4. The highest BCUT2D eigenvalue weighted by Crippen LogP contribution is 1.99. The molecule has 1 aromatic rings. The number of aromatic nitrogens is 2. The number of rotatable bonds is 6. The van der Waals surface area contributed by atoms with Crippen molar-refractivity contribution in [3.8, 4) is 0 Å². The van der Waals surface area contributed by atoms with Crippen LogP contribution in [0.4, 0.5) is 0 Å². The van der Waals surface area contributed by atoms with E-state index in [1.807, 2.05) is 12.5 Å². The topological polar surface area (TPSA) is 36.3 Å². The summed E-state index contributed by atoms with van der Waals surface area (Å²) in [5, 5.41) is 3.50. The lowest BCUT2D eigenvalue weighted by molar-refractivity contribution is 0.154. The van der Waals surface area contributed by atoms with Crippen LogP contribution in [0.15, 0.2) is 12.5 Å². The first kappa shape index (κ1) is 13.5. The highest BCUT2D eigenvalue weighted by Gasteiger charge is 2.12. The number of piperazine rings is 1. The maximum atomic E-state index is 4.18. The van der Waals surface area contributed by atoms with Gasteiger partial charge in [-0.05, 0) is 14.0 Å². The Kier molecular flexibility index (Phi) is 5.16. The van der Waals surface area contributed by atoms with Crippen LogP contribution in [-0.2, 0) is 13.1 Å². The van der Waals surface area contributed by atoms with Crippen LogP contribution in [0.25, 0.3) is 0 Å². The van der Waals surface area contributed by atoms with E-state index in [0.29, 0.717) is 0 Å². The third-order valence-electron chi connectivity index (χ3n) is 3.65. The molecular formula is C13H25N5. The first-order chi connectivity index (χ1) is 8.79. The molecule has 0 atom stereocenters. The summed E-state index contributed by atoms with van der Waals surface area (Å²) in [6.07, 6.45) is 3.85. The minimum absolute atomic E-state index is 0.918. The Morgan fingerprint density at radius 3 is 2.78 bits per heavy atom. The average Bonchev–Trinajstić information content (AvgIpc) is 2.84. The van der Waals surface area contributed by atoms with E-state index >= 15 is 0 Å². The van der Waals surface area contributed by atoms with Crippen molar-refractivity contribution in [1.82, 2.24) is 24.7 Å². The second-order valence-corrected chi connectivity index (χ2v) is 4.99. The van der Waals surface area contributed by atoms with E-state index in [4.69, 9.17) is 0 Å². The molecule has 0 radical (unpaired) electrons. The van der Waals surface area contributed by atoms with Crippen molar-refractivity contribution in [3.05, 3.63) is 18.2 Å². The van der Waals surface area contributed by atoms with Crippen molar-refractivity contribution in [2.45, 2.75) is 20.0 Å². The van der Waals surface area contributed by atoms with Crippen LogP contribution < -0.4 is 5.32 Å². The minimum atomic E-state index is 0.918. The third kappa shape index (κ3) is 3.80. The van der Waals surface area contributed by atoms with E-state index in [2.05, 4.69) is 38.6 Å². The summed E-state index contributed by atoms with van der Waals surface area (Å²) in [7, 11) is 2.20. The van der Waals surface area contributed by atoms with Crippen LogP contribution in [0.2, 0.25) is 0 Å². The standard InChI is InChI=1S/C13H25N5/c1-3-18-12-15-11-13(18)10-14-4-5-17-8-6-16(2)7-9-17/h11-12,14H,3-10H2,1-2H3. The van der Waals surface area contributed by atoms with Gasteiger partial charge < -0.3 is 14.8 Å². The van der Waals surface area contributed by atoms with E-state index in [-0.39, 0.29) is 0 Å². The predicted molar refractivity (Wildman–Crippen MR) is 73.5 cm³/mol. The van der Waals surface area contributed by atoms with Gasteiger partial charge in [-0.25, -0.2) is 4.98 Å². The molecule has 0 unspecified atom stereocenters. The Bertz CT molecular complexity index is 341. The van der Waals surface area contributed by atoms with Crippen molar-refractivity contribution in [2.75, 3.05) is 46.3 Å². The second-order valence-electron chi connectivity index (χ2n) is 4.99. The second kappa shape index (κ2) is 6.87. The lowest BCUT2D eigenvalue weighted by atomic mass is 10.3. The summed E-state index contributed by atoms with van der Waals surface area (Å²) in [4.78, 5) is 9.10. The number of aryl methyl sites for hydroxylation is 1. The van der Waals surface area contributed by atoms with Crippen molar-refractivity contribution in [3.63, 3.8) is 0 Å². The Labute approximate surface area is 110 Å². The van der Waals surface area contributed by atoms with Gasteiger partial charge in [0.25, 0.3) is 0 Å². The number of nitrogens with one attached hydrogen (secondary N) is 1. The van der Waals surface area contributed by atoms with Crippen LogP contribution >= 0.6 is 0 Å². The van der Waals surface area contributed by atoms with Gasteiger partial charge in [0, 0.05) is 58.6 Å². The summed E-state index contributed by atoms with van der Waals surface area (Å²) in [6.45, 7) is 11.1. The molecule has 1 fully saturated rings. The summed E-state index contributed by atoms with van der Waals surface area (Å²) in [5.74, 6) is 0. The molecule has 5 nitrogen and oxygen atoms in total. The molecule has 0 aromatic carbocycles. The molecule has 1 aliphatic heterocycles. The lowest BCUT2D eigenvalue weighted by Crippen LogP contribution is -2.46. The van der Waals surface area contributed by atoms with Crippen LogP contribution in [-0.4, -0.2) is 65.7 Å². The SMILES string of the molecule is CCn1cncc1CNCCN1CCN(C)CC1. The molecule has 5 heteroatoms. The van der Waals surface area contributed by atoms with Gasteiger partial charge in [0.1, 0.15) is 0 Å². The van der Waals surface area contributed by atoms with Gasteiger partial charge in [0.2, 0.25) is 0 Å². The monoisotopic (exact) mass is 251 g/mol. The minimum Gasteiger partial charge on any atom is -0.334 e. The molecule has 0 aliphatic carbocycles. The highest BCUT2D eigenvalue weighted by molar-refractivity contribution is 4.97. The fourth-order valence-corrected chi connectivity index (χ4v) is 2.31. The van der Waals surface area contributed by atoms with Crippen molar-refractivity contribution < 1.29 is 0 Å². The van der Waals surface area contributed by atoms with Gasteiger partial charge in [-0.2, -0.15) is 0 Å². The highest BCUT2D eigenvalue weighted by atomic mass is 15.2. The average molecular weight is 251 g/mol. The Morgan fingerprint density at radius 1 is 1.28 bits per heavy atom. The molecule has 18 heavy (non-hydrogen) atoms. The summed E-state index contributed by atoms with van der Waals surface area (Å²) in [5.41, 5.74) is 1.27. The van der Waals surface area contributed by atoms with E-state index in [0.717, 1.165) is 26.2 Å².